The standard InChI is InChI=1S/C22H25N3O3/c1-25-15-14-23-22(25)21(17-10-12-18(27-2)13-11-17)24-20(26)9-6-16-28-19-7-4-3-5-8-19/h3-5,7-8,10-15,21H,6,9,16H2,1-2H3,(H,24,26). The average molecular weight is 379 g/mol. The zero-order valence-corrected chi connectivity index (χ0v) is 16.2. The second-order valence-corrected chi connectivity index (χ2v) is 6.44. The zero-order valence-electron chi connectivity index (χ0n) is 16.2. The van der Waals surface area contributed by atoms with Crippen molar-refractivity contribution in [2.75, 3.05) is 13.7 Å². The first kappa shape index (κ1) is 19.5. The van der Waals surface area contributed by atoms with Crippen molar-refractivity contribution in [1.29, 1.82) is 0 Å². The molecule has 0 fully saturated rings. The Balaban J connectivity index is 1.60. The molecule has 1 aromatic heterocycles. The Morgan fingerprint density at radius 1 is 1.11 bits per heavy atom. The third kappa shape index (κ3) is 5.13. The van der Waals surface area contributed by atoms with Gasteiger partial charge >= 0.3 is 0 Å². The molecule has 1 unspecified atom stereocenters. The van der Waals surface area contributed by atoms with Gasteiger partial charge in [-0.25, -0.2) is 4.98 Å². The fourth-order valence-electron chi connectivity index (χ4n) is 2.92. The van der Waals surface area contributed by atoms with Crippen LogP contribution in [0, 0.1) is 0 Å². The van der Waals surface area contributed by atoms with Crippen LogP contribution in [0.5, 0.6) is 11.5 Å². The summed E-state index contributed by atoms with van der Waals surface area (Å²) in [6, 6.07) is 16.9. The number of para-hydroxylation sites is 1. The summed E-state index contributed by atoms with van der Waals surface area (Å²) in [5.41, 5.74) is 0.948. The van der Waals surface area contributed by atoms with Gasteiger partial charge in [-0.3, -0.25) is 4.79 Å². The summed E-state index contributed by atoms with van der Waals surface area (Å²) in [5, 5.41) is 3.09. The van der Waals surface area contributed by atoms with Crippen LogP contribution >= 0.6 is 0 Å². The van der Waals surface area contributed by atoms with E-state index in [1.54, 1.807) is 13.3 Å². The molecule has 0 saturated heterocycles. The first-order valence-corrected chi connectivity index (χ1v) is 9.26. The Bertz CT molecular complexity index is 876. The maximum atomic E-state index is 12.5. The Morgan fingerprint density at radius 3 is 2.50 bits per heavy atom. The number of nitrogens with one attached hydrogen (secondary N) is 1. The van der Waals surface area contributed by atoms with Crippen LogP contribution in [0.3, 0.4) is 0 Å². The van der Waals surface area contributed by atoms with Gasteiger partial charge in [-0.15, -0.1) is 0 Å². The number of methoxy groups -OCH3 is 1. The normalized spacial score (nSPS) is 11.6. The summed E-state index contributed by atoms with van der Waals surface area (Å²) >= 11 is 0. The van der Waals surface area contributed by atoms with E-state index in [9.17, 15) is 4.79 Å². The molecule has 6 nitrogen and oxygen atoms in total. The lowest BCUT2D eigenvalue weighted by atomic mass is 10.1. The summed E-state index contributed by atoms with van der Waals surface area (Å²) in [4.78, 5) is 17.0. The number of carbonyl (C=O) groups excluding carboxylic acids is 1. The van der Waals surface area contributed by atoms with Gasteiger partial charge in [0.25, 0.3) is 0 Å². The summed E-state index contributed by atoms with van der Waals surface area (Å²) < 4.78 is 12.8. The van der Waals surface area contributed by atoms with Crippen LogP contribution in [-0.4, -0.2) is 29.2 Å². The molecule has 3 aromatic rings. The third-order valence-corrected chi connectivity index (χ3v) is 4.43. The topological polar surface area (TPSA) is 65.4 Å². The number of aryl methyl sites for hydroxylation is 1. The maximum absolute atomic E-state index is 12.5. The van der Waals surface area contributed by atoms with E-state index in [2.05, 4.69) is 10.3 Å². The lowest BCUT2D eigenvalue weighted by Gasteiger charge is -2.19. The van der Waals surface area contributed by atoms with Gasteiger partial charge in [-0.05, 0) is 36.2 Å². The highest BCUT2D eigenvalue weighted by atomic mass is 16.5. The van der Waals surface area contributed by atoms with Gasteiger partial charge in [0.05, 0.1) is 13.7 Å². The highest BCUT2D eigenvalue weighted by Crippen LogP contribution is 2.23. The average Bonchev–Trinajstić information content (AvgIpc) is 3.16. The van der Waals surface area contributed by atoms with Crippen LogP contribution < -0.4 is 14.8 Å². The van der Waals surface area contributed by atoms with E-state index in [0.717, 1.165) is 22.9 Å². The van der Waals surface area contributed by atoms with Gasteiger partial charge in [-0.2, -0.15) is 0 Å². The predicted octanol–water partition coefficient (Wildman–Crippen LogP) is 3.49. The number of amides is 1. The van der Waals surface area contributed by atoms with Gasteiger partial charge in [-0.1, -0.05) is 30.3 Å². The predicted molar refractivity (Wildman–Crippen MR) is 107 cm³/mol. The second kappa shape index (κ2) is 9.60. The number of rotatable bonds is 9. The highest BCUT2D eigenvalue weighted by Gasteiger charge is 2.20. The van der Waals surface area contributed by atoms with Crippen molar-refractivity contribution >= 4 is 5.91 Å². The Morgan fingerprint density at radius 2 is 1.86 bits per heavy atom. The van der Waals surface area contributed by atoms with E-state index < -0.39 is 0 Å². The first-order chi connectivity index (χ1) is 13.7. The largest absolute Gasteiger partial charge is 0.497 e. The van der Waals surface area contributed by atoms with Gasteiger partial charge in [0.1, 0.15) is 23.4 Å². The molecule has 0 saturated carbocycles. The van der Waals surface area contributed by atoms with E-state index in [1.165, 1.54) is 0 Å². The summed E-state index contributed by atoms with van der Waals surface area (Å²) in [7, 11) is 3.54. The van der Waals surface area contributed by atoms with Gasteiger partial charge in [0.15, 0.2) is 0 Å². The Labute approximate surface area is 165 Å². The molecular formula is C22H25N3O3. The zero-order chi connectivity index (χ0) is 19.8. The van der Waals surface area contributed by atoms with Crippen molar-refractivity contribution in [1.82, 2.24) is 14.9 Å². The molecule has 0 aliphatic rings. The molecule has 1 heterocycles. The molecule has 0 radical (unpaired) electrons. The number of hydrogen-bond donors (Lipinski definition) is 1. The van der Waals surface area contributed by atoms with Crippen LogP contribution in [0.2, 0.25) is 0 Å². The van der Waals surface area contributed by atoms with Crippen LogP contribution in [0.15, 0.2) is 67.0 Å². The number of aromatic nitrogens is 2. The lowest BCUT2D eigenvalue weighted by molar-refractivity contribution is -0.121. The van der Waals surface area contributed by atoms with Crippen LogP contribution in [0.1, 0.15) is 30.3 Å². The monoisotopic (exact) mass is 379 g/mol. The van der Waals surface area contributed by atoms with Crippen molar-refractivity contribution in [2.24, 2.45) is 7.05 Å². The number of carbonyl (C=O) groups is 1. The van der Waals surface area contributed by atoms with E-state index in [4.69, 9.17) is 9.47 Å². The van der Waals surface area contributed by atoms with E-state index >= 15 is 0 Å². The molecule has 1 amide bonds. The molecule has 1 atom stereocenters. The van der Waals surface area contributed by atoms with Crippen LogP contribution in [-0.2, 0) is 11.8 Å². The molecular weight excluding hydrogens is 354 g/mol. The Hall–Kier alpha value is -3.28. The van der Waals surface area contributed by atoms with E-state index in [0.29, 0.717) is 19.4 Å². The minimum atomic E-state index is -0.326. The molecule has 146 valence electrons. The van der Waals surface area contributed by atoms with E-state index in [1.807, 2.05) is 72.4 Å². The van der Waals surface area contributed by atoms with Crippen molar-refractivity contribution in [3.8, 4) is 11.5 Å². The van der Waals surface area contributed by atoms with Crippen LogP contribution in [0.25, 0.3) is 0 Å². The SMILES string of the molecule is COc1ccc(C(NC(=O)CCCOc2ccccc2)c2nccn2C)cc1. The first-order valence-electron chi connectivity index (χ1n) is 9.26. The lowest BCUT2D eigenvalue weighted by Crippen LogP contribution is -2.31. The summed E-state index contributed by atoms with van der Waals surface area (Å²) in [6.45, 7) is 0.493. The molecule has 6 heteroatoms. The van der Waals surface area contributed by atoms with Crippen molar-refractivity contribution < 1.29 is 14.3 Å². The minimum Gasteiger partial charge on any atom is -0.497 e. The van der Waals surface area contributed by atoms with Gasteiger partial charge in [0, 0.05) is 25.9 Å². The smallest absolute Gasteiger partial charge is 0.220 e. The highest BCUT2D eigenvalue weighted by molar-refractivity contribution is 5.76. The van der Waals surface area contributed by atoms with Crippen molar-refractivity contribution in [3.63, 3.8) is 0 Å². The molecule has 3 rings (SSSR count). The number of nitrogens with zero attached hydrogens (tertiary/aromatic N) is 2. The molecule has 0 aliphatic carbocycles. The summed E-state index contributed by atoms with van der Waals surface area (Å²) in [5.74, 6) is 2.32. The number of hydrogen-bond acceptors (Lipinski definition) is 4. The fraction of sp³-hybridized carbons (Fsp3) is 0.273. The third-order valence-electron chi connectivity index (χ3n) is 4.43. The van der Waals surface area contributed by atoms with Crippen molar-refractivity contribution in [2.45, 2.75) is 18.9 Å². The molecule has 28 heavy (non-hydrogen) atoms. The molecule has 2 aromatic carbocycles. The number of benzene rings is 2. The second-order valence-electron chi connectivity index (χ2n) is 6.44. The number of imidazole rings is 1. The fourth-order valence-corrected chi connectivity index (χ4v) is 2.92. The van der Waals surface area contributed by atoms with E-state index in [-0.39, 0.29) is 11.9 Å². The van der Waals surface area contributed by atoms with Crippen LogP contribution in [0.4, 0.5) is 0 Å². The summed E-state index contributed by atoms with van der Waals surface area (Å²) in [6.07, 6.45) is 4.61. The molecule has 0 spiro atoms. The van der Waals surface area contributed by atoms with Gasteiger partial charge in [0.2, 0.25) is 5.91 Å². The van der Waals surface area contributed by atoms with Gasteiger partial charge < -0.3 is 19.4 Å². The van der Waals surface area contributed by atoms with Crippen molar-refractivity contribution in [3.05, 3.63) is 78.4 Å². The Kier molecular flexibility index (Phi) is 6.68. The quantitative estimate of drug-likeness (QED) is 0.578. The minimum absolute atomic E-state index is 0.0412. The molecule has 1 N–H and O–H groups in total. The maximum Gasteiger partial charge on any atom is 0.220 e. The molecule has 0 bridgehead atoms. The number of ether oxygens (including phenoxy) is 2. The molecule has 0 aliphatic heterocycles.